The van der Waals surface area contributed by atoms with Crippen molar-refractivity contribution in [1.29, 1.82) is 0 Å². The Hall–Kier alpha value is -2.47. The minimum absolute atomic E-state index is 0.0938. The first-order chi connectivity index (χ1) is 11.7. The lowest BCUT2D eigenvalue weighted by atomic mass is 9.99. The third kappa shape index (κ3) is 2.97. The van der Waals surface area contributed by atoms with Crippen LogP contribution in [0.4, 0.5) is 0 Å². The molecule has 5 nitrogen and oxygen atoms in total. The number of hydrogen-bond donors (Lipinski definition) is 0. The molecule has 2 aromatic heterocycles. The predicted molar refractivity (Wildman–Crippen MR) is 93.0 cm³/mol. The van der Waals surface area contributed by atoms with Crippen molar-refractivity contribution >= 4 is 22.2 Å². The van der Waals surface area contributed by atoms with E-state index in [2.05, 4.69) is 17.1 Å². The molecule has 0 bridgehead atoms. The fourth-order valence-electron chi connectivity index (χ4n) is 3.26. The summed E-state index contributed by atoms with van der Waals surface area (Å²) in [4.78, 5) is 31.3. The number of thiazole rings is 1. The summed E-state index contributed by atoms with van der Waals surface area (Å²) in [5.74, 6) is 0.468. The molecule has 3 aromatic rings. The summed E-state index contributed by atoms with van der Waals surface area (Å²) in [5.41, 5.74) is 1.83. The molecular weight excluding hydrogens is 322 g/mol. The average Bonchev–Trinajstić information content (AvgIpc) is 3.16. The van der Waals surface area contributed by atoms with Gasteiger partial charge in [-0.3, -0.25) is 14.0 Å². The number of carbonyl (C=O) groups excluding carboxylic acids is 1. The second-order valence-electron chi connectivity index (χ2n) is 6.18. The van der Waals surface area contributed by atoms with Crippen molar-refractivity contribution in [1.82, 2.24) is 14.3 Å². The van der Waals surface area contributed by atoms with Crippen molar-refractivity contribution in [3.8, 4) is 0 Å². The highest BCUT2D eigenvalue weighted by atomic mass is 32.1. The van der Waals surface area contributed by atoms with Gasteiger partial charge in [-0.2, -0.15) is 0 Å². The number of hydrogen-bond acceptors (Lipinski definition) is 4. The monoisotopic (exact) mass is 339 g/mol. The molecular formula is C18H17N3O2S. The van der Waals surface area contributed by atoms with Gasteiger partial charge in [0.15, 0.2) is 4.96 Å². The summed E-state index contributed by atoms with van der Waals surface area (Å²) in [5, 5.41) is 1.84. The number of carbonyl (C=O) groups is 1. The molecule has 0 unspecified atom stereocenters. The van der Waals surface area contributed by atoms with Crippen LogP contribution < -0.4 is 5.56 Å². The van der Waals surface area contributed by atoms with E-state index in [4.69, 9.17) is 0 Å². The number of aromatic nitrogens is 2. The molecule has 1 amide bonds. The second kappa shape index (κ2) is 6.20. The van der Waals surface area contributed by atoms with Crippen molar-refractivity contribution < 1.29 is 4.79 Å². The molecule has 1 atom stereocenters. The maximum Gasteiger partial charge on any atom is 0.258 e. The van der Waals surface area contributed by atoms with Gasteiger partial charge in [0.25, 0.3) is 5.56 Å². The molecule has 122 valence electrons. The van der Waals surface area contributed by atoms with Crippen LogP contribution in [0.2, 0.25) is 0 Å². The smallest absolute Gasteiger partial charge is 0.258 e. The molecule has 1 aliphatic heterocycles. The van der Waals surface area contributed by atoms with Gasteiger partial charge in [0, 0.05) is 30.6 Å². The zero-order valence-corrected chi connectivity index (χ0v) is 13.9. The van der Waals surface area contributed by atoms with Crippen molar-refractivity contribution in [3.05, 3.63) is 69.6 Å². The summed E-state index contributed by atoms with van der Waals surface area (Å²) < 4.78 is 1.53. The Morgan fingerprint density at radius 3 is 2.88 bits per heavy atom. The molecule has 1 aromatic carbocycles. The van der Waals surface area contributed by atoms with Crippen molar-refractivity contribution in [2.75, 3.05) is 6.54 Å². The largest absolute Gasteiger partial charge is 0.336 e. The number of amides is 1. The molecule has 1 saturated heterocycles. The molecule has 6 heteroatoms. The van der Waals surface area contributed by atoms with E-state index in [1.165, 1.54) is 27.4 Å². The molecule has 1 fully saturated rings. The van der Waals surface area contributed by atoms with Crippen LogP contribution in [-0.2, 0) is 17.8 Å². The van der Waals surface area contributed by atoms with Crippen LogP contribution in [0.15, 0.2) is 52.8 Å². The highest BCUT2D eigenvalue weighted by molar-refractivity contribution is 7.15. The number of likely N-dealkylation sites (tertiary alicyclic amines) is 1. The first kappa shape index (κ1) is 15.1. The molecule has 0 spiro atoms. The molecule has 0 radical (unpaired) electrons. The quantitative estimate of drug-likeness (QED) is 0.733. The SMILES string of the molecule is O=C1C[C@H](Cc2ccccc2)CN1Cc1cc(=O)n2ccsc2n1. The fourth-order valence-corrected chi connectivity index (χ4v) is 3.99. The van der Waals surface area contributed by atoms with Crippen LogP contribution in [0.25, 0.3) is 4.96 Å². The summed E-state index contributed by atoms with van der Waals surface area (Å²) in [6.45, 7) is 1.13. The van der Waals surface area contributed by atoms with E-state index in [9.17, 15) is 9.59 Å². The molecule has 1 aliphatic rings. The topological polar surface area (TPSA) is 54.7 Å². The van der Waals surface area contributed by atoms with Gasteiger partial charge in [-0.05, 0) is 17.9 Å². The van der Waals surface area contributed by atoms with Gasteiger partial charge in [-0.25, -0.2) is 4.98 Å². The fraction of sp³-hybridized carbons (Fsp3) is 0.278. The van der Waals surface area contributed by atoms with E-state index >= 15 is 0 Å². The minimum Gasteiger partial charge on any atom is -0.336 e. The third-order valence-corrected chi connectivity index (χ3v) is 5.13. The molecule has 4 rings (SSSR count). The van der Waals surface area contributed by atoms with E-state index in [0.29, 0.717) is 29.5 Å². The lowest BCUT2D eigenvalue weighted by Gasteiger charge is -2.16. The first-order valence-corrected chi connectivity index (χ1v) is 8.84. The van der Waals surface area contributed by atoms with Crippen LogP contribution in [0, 0.1) is 5.92 Å². The van der Waals surface area contributed by atoms with Crippen molar-refractivity contribution in [2.45, 2.75) is 19.4 Å². The van der Waals surface area contributed by atoms with Gasteiger partial charge < -0.3 is 4.90 Å². The highest BCUT2D eigenvalue weighted by Crippen LogP contribution is 2.23. The zero-order valence-electron chi connectivity index (χ0n) is 13.1. The number of nitrogens with zero attached hydrogens (tertiary/aromatic N) is 3. The number of benzene rings is 1. The van der Waals surface area contributed by atoms with E-state index in [1.54, 1.807) is 6.20 Å². The first-order valence-electron chi connectivity index (χ1n) is 7.96. The van der Waals surface area contributed by atoms with Crippen LogP contribution in [0.3, 0.4) is 0 Å². The van der Waals surface area contributed by atoms with E-state index in [0.717, 1.165) is 13.0 Å². The van der Waals surface area contributed by atoms with Crippen LogP contribution in [0.1, 0.15) is 17.7 Å². The van der Waals surface area contributed by atoms with Gasteiger partial charge in [-0.15, -0.1) is 11.3 Å². The van der Waals surface area contributed by atoms with Crippen molar-refractivity contribution in [2.24, 2.45) is 5.92 Å². The van der Waals surface area contributed by atoms with E-state index < -0.39 is 0 Å². The Bertz CT molecular complexity index is 932. The molecule has 0 N–H and O–H groups in total. The van der Waals surface area contributed by atoms with Crippen LogP contribution in [0.5, 0.6) is 0 Å². The van der Waals surface area contributed by atoms with Gasteiger partial charge in [0.2, 0.25) is 5.91 Å². The van der Waals surface area contributed by atoms with E-state index in [-0.39, 0.29) is 11.5 Å². The highest BCUT2D eigenvalue weighted by Gasteiger charge is 2.29. The van der Waals surface area contributed by atoms with Gasteiger partial charge in [0.1, 0.15) is 0 Å². The average molecular weight is 339 g/mol. The van der Waals surface area contributed by atoms with Gasteiger partial charge in [-0.1, -0.05) is 30.3 Å². The molecule has 24 heavy (non-hydrogen) atoms. The Balaban J connectivity index is 1.48. The standard InChI is InChI=1S/C18H17N3O2S/c22-16-9-14(8-13-4-2-1-3-5-13)11-20(16)12-15-10-17(23)21-6-7-24-18(21)19-15/h1-7,10,14H,8-9,11-12H2/t14-/m0/s1. The van der Waals surface area contributed by atoms with Crippen LogP contribution in [-0.4, -0.2) is 26.7 Å². The Kier molecular flexibility index (Phi) is 3.90. The summed E-state index contributed by atoms with van der Waals surface area (Å²) in [7, 11) is 0. The number of fused-ring (bicyclic) bond motifs is 1. The molecule has 0 saturated carbocycles. The third-order valence-electron chi connectivity index (χ3n) is 4.37. The normalized spacial score (nSPS) is 17.8. The molecule has 3 heterocycles. The summed E-state index contributed by atoms with van der Waals surface area (Å²) >= 11 is 1.43. The second-order valence-corrected chi connectivity index (χ2v) is 7.05. The lowest BCUT2D eigenvalue weighted by Crippen LogP contribution is -2.26. The maximum atomic E-state index is 12.3. The molecule has 0 aliphatic carbocycles. The van der Waals surface area contributed by atoms with Gasteiger partial charge in [0.05, 0.1) is 12.2 Å². The maximum absolute atomic E-state index is 12.3. The van der Waals surface area contributed by atoms with Gasteiger partial charge >= 0.3 is 0 Å². The predicted octanol–water partition coefficient (Wildman–Crippen LogP) is 2.35. The lowest BCUT2D eigenvalue weighted by molar-refractivity contribution is -0.128. The summed E-state index contributed by atoms with van der Waals surface area (Å²) in [6, 6.07) is 11.8. The van der Waals surface area contributed by atoms with Crippen LogP contribution >= 0.6 is 11.3 Å². The Morgan fingerprint density at radius 1 is 1.21 bits per heavy atom. The van der Waals surface area contributed by atoms with E-state index in [1.807, 2.05) is 28.5 Å². The van der Waals surface area contributed by atoms with Crippen molar-refractivity contribution in [3.63, 3.8) is 0 Å². The minimum atomic E-state index is -0.0938. The zero-order chi connectivity index (χ0) is 16.5. The Morgan fingerprint density at radius 2 is 2.04 bits per heavy atom. The Labute approximate surface area is 143 Å². The summed E-state index contributed by atoms with van der Waals surface area (Å²) in [6.07, 6.45) is 3.19. The number of rotatable bonds is 4.